The number of phosphoric acid groups is 3. The summed E-state index contributed by atoms with van der Waals surface area (Å²) < 4.78 is 62.5. The van der Waals surface area contributed by atoms with Crippen molar-refractivity contribution in [2.75, 3.05) is 43.5 Å². The number of rotatable bonds is 21. The molecule has 0 saturated carbocycles. The third-order valence-electron chi connectivity index (χ3n) is 7.44. The highest BCUT2D eigenvalue weighted by Gasteiger charge is 2.57. The normalized spacial score (nSPS) is 23.6. The lowest BCUT2D eigenvalue weighted by Crippen LogP contribution is -2.46. The molecule has 1 fully saturated rings. The number of amides is 2. The Bertz CT molecular complexity index is 1780. The number of thioether (sulfide) groups is 1. The summed E-state index contributed by atoms with van der Waals surface area (Å²) >= 11 is 1.34. The maximum atomic E-state index is 12.7. The number of ketones is 1. The van der Waals surface area contributed by atoms with Gasteiger partial charge in [-0.3, -0.25) is 32.5 Å². The Hall–Kier alpha value is -2.44. The molecule has 7 atom stereocenters. The van der Waals surface area contributed by atoms with Gasteiger partial charge in [-0.05, 0) is 13.8 Å². The Kier molecular flexibility index (Phi) is 15.3. The molecule has 28 heteroatoms. The van der Waals surface area contributed by atoms with Crippen LogP contribution in [0.1, 0.15) is 34.1 Å². The minimum atomic E-state index is -5.58. The average Bonchev–Trinajstić information content (AvgIpc) is 3.58. The van der Waals surface area contributed by atoms with Gasteiger partial charge in [0.05, 0.1) is 25.3 Å². The van der Waals surface area contributed by atoms with Crippen LogP contribution in [-0.2, 0) is 56.4 Å². The number of carbonyl (C=O) groups excluding carboxylic acids is 3. The molecule has 24 nitrogen and oxygen atoms in total. The zero-order valence-corrected chi connectivity index (χ0v) is 32.2. The van der Waals surface area contributed by atoms with Crippen LogP contribution in [0, 0.1) is 5.41 Å². The number of aliphatic hydroxyl groups excluding tert-OH is 2. The number of hydrogen-bond acceptors (Lipinski definition) is 18. The van der Waals surface area contributed by atoms with E-state index in [1.807, 2.05) is 0 Å². The average molecular weight is 838 g/mol. The number of carbonyl (C=O) groups is 3. The maximum Gasteiger partial charge on any atom is 0.481 e. The fourth-order valence-corrected chi connectivity index (χ4v) is 8.23. The van der Waals surface area contributed by atoms with Crippen LogP contribution >= 0.6 is 35.2 Å². The first-order valence-electron chi connectivity index (χ1n) is 15.4. The van der Waals surface area contributed by atoms with Crippen molar-refractivity contribution in [1.29, 1.82) is 0 Å². The number of aliphatic hydroxyl groups is 2. The van der Waals surface area contributed by atoms with Gasteiger partial charge >= 0.3 is 23.5 Å². The summed E-state index contributed by atoms with van der Waals surface area (Å²) in [5.41, 5.74) is 2.32. The second kappa shape index (κ2) is 18.0. The third-order valence-corrected chi connectivity index (χ3v) is 11.6. The van der Waals surface area contributed by atoms with Gasteiger partial charge in [-0.15, -0.1) is 0 Å². The molecule has 1 aliphatic heterocycles. The lowest BCUT2D eigenvalue weighted by atomic mass is 9.87. The SMILES string of the molecule is CC(=O)CSCCNC(=O)CCNC(=O)C(O)C(C)(C)COP(=O)(O)OP(=O)(O)OCC1OC(C)(n2cnc3c(N)ncnc32)C(O)C1OP(=O)(O)O. The van der Waals surface area contributed by atoms with Crippen LogP contribution in [0.3, 0.4) is 0 Å². The van der Waals surface area contributed by atoms with Crippen molar-refractivity contribution >= 4 is 69.8 Å². The fourth-order valence-electron chi connectivity index (χ4n) is 4.73. The number of imidazole rings is 1. The van der Waals surface area contributed by atoms with Crippen molar-refractivity contribution in [3.8, 4) is 0 Å². The van der Waals surface area contributed by atoms with Crippen LogP contribution in [0.2, 0.25) is 0 Å². The Labute approximate surface area is 306 Å². The molecule has 1 aliphatic rings. The highest BCUT2D eigenvalue weighted by molar-refractivity contribution is 7.99. The summed E-state index contributed by atoms with van der Waals surface area (Å²) in [6.07, 6.45) is -5.44. The van der Waals surface area contributed by atoms with Crippen LogP contribution < -0.4 is 16.4 Å². The first-order chi connectivity index (χ1) is 24.4. The van der Waals surface area contributed by atoms with Gasteiger partial charge in [0, 0.05) is 30.7 Å². The molecule has 0 aliphatic carbocycles. The Balaban J connectivity index is 1.56. The lowest BCUT2D eigenvalue weighted by molar-refractivity contribution is -0.137. The molecule has 0 spiro atoms. The van der Waals surface area contributed by atoms with Crippen LogP contribution in [0.5, 0.6) is 0 Å². The third kappa shape index (κ3) is 12.8. The molecule has 2 aromatic heterocycles. The Morgan fingerprint density at radius 1 is 1.09 bits per heavy atom. The van der Waals surface area contributed by atoms with Gasteiger partial charge in [0.1, 0.15) is 42.0 Å². The zero-order chi connectivity index (χ0) is 40.0. The van der Waals surface area contributed by atoms with Gasteiger partial charge in [0.15, 0.2) is 17.2 Å². The molecular formula is C25H42N7O17P3S. The number of aromatic nitrogens is 4. The highest BCUT2D eigenvalue weighted by atomic mass is 32.2. The van der Waals surface area contributed by atoms with Gasteiger partial charge in [-0.2, -0.15) is 16.1 Å². The van der Waals surface area contributed by atoms with Gasteiger partial charge in [0.2, 0.25) is 11.8 Å². The predicted molar refractivity (Wildman–Crippen MR) is 182 cm³/mol. The minimum absolute atomic E-state index is 0.00268. The van der Waals surface area contributed by atoms with E-state index in [2.05, 4.69) is 29.9 Å². The number of anilines is 1. The number of nitrogens with two attached hydrogens (primary N) is 1. The molecule has 0 bridgehead atoms. The van der Waals surface area contributed by atoms with E-state index in [1.165, 1.54) is 39.5 Å². The van der Waals surface area contributed by atoms with E-state index in [0.29, 0.717) is 18.1 Å². The van der Waals surface area contributed by atoms with Gasteiger partial charge in [0.25, 0.3) is 0 Å². The van der Waals surface area contributed by atoms with Crippen molar-refractivity contribution in [2.45, 2.75) is 64.3 Å². The zero-order valence-electron chi connectivity index (χ0n) is 28.7. The van der Waals surface area contributed by atoms with Crippen LogP contribution in [0.15, 0.2) is 12.7 Å². The fraction of sp³-hybridized carbons (Fsp3) is 0.680. The number of nitrogens with one attached hydrogen (secondary N) is 2. The maximum absolute atomic E-state index is 12.7. The van der Waals surface area contributed by atoms with Gasteiger partial charge in [-0.1, -0.05) is 13.8 Å². The quantitative estimate of drug-likeness (QED) is 0.0532. The van der Waals surface area contributed by atoms with Gasteiger partial charge < -0.3 is 50.9 Å². The second-order valence-electron chi connectivity index (χ2n) is 12.4. The molecule has 1 saturated heterocycles. The molecule has 10 N–H and O–H groups in total. The molecule has 300 valence electrons. The lowest BCUT2D eigenvalue weighted by Gasteiger charge is -2.30. The van der Waals surface area contributed by atoms with E-state index in [1.54, 1.807) is 0 Å². The van der Waals surface area contributed by atoms with Crippen LogP contribution in [-0.4, -0.2) is 129 Å². The number of phosphoric ester groups is 3. The Morgan fingerprint density at radius 3 is 2.40 bits per heavy atom. The summed E-state index contributed by atoms with van der Waals surface area (Å²) in [6, 6.07) is 0. The van der Waals surface area contributed by atoms with Crippen molar-refractivity contribution in [1.82, 2.24) is 30.2 Å². The van der Waals surface area contributed by atoms with Crippen LogP contribution in [0.25, 0.3) is 11.2 Å². The monoisotopic (exact) mass is 837 g/mol. The Morgan fingerprint density at radius 2 is 1.75 bits per heavy atom. The first-order valence-corrected chi connectivity index (χ1v) is 21.0. The smallest absolute Gasteiger partial charge is 0.385 e. The van der Waals surface area contributed by atoms with E-state index in [0.717, 1.165) is 17.2 Å². The summed E-state index contributed by atoms with van der Waals surface area (Å²) in [5, 5.41) is 26.6. The molecule has 7 unspecified atom stereocenters. The molecule has 2 aromatic rings. The van der Waals surface area contributed by atoms with E-state index >= 15 is 0 Å². The summed E-state index contributed by atoms with van der Waals surface area (Å²) in [6.45, 7) is 3.30. The summed E-state index contributed by atoms with van der Waals surface area (Å²) in [5.74, 6) is -0.591. The molecule has 3 rings (SSSR count). The number of ether oxygens (including phenoxy) is 1. The molecule has 3 heterocycles. The summed E-state index contributed by atoms with van der Waals surface area (Å²) in [4.78, 5) is 86.5. The standard InChI is InChI=1S/C25H42N7O17P3S/c1-14(33)10-53-8-7-27-16(34)5-6-28-23(37)20(36)24(2,3)11-46-52(43,44)49-51(41,42)45-9-15-18(48-50(38,39)40)19(35)25(4,47-15)32-13-31-17-21(26)29-12-30-22(17)32/h12-13,15,18-20,35-36H,5-11H2,1-4H3,(H,27,34)(H,28,37)(H,41,42)(H,43,44)(H2,26,29,30)(H2,38,39,40). The largest absolute Gasteiger partial charge is 0.481 e. The number of nitrogens with zero attached hydrogens (tertiary/aromatic N) is 4. The summed E-state index contributed by atoms with van der Waals surface area (Å²) in [7, 11) is -16.4. The predicted octanol–water partition coefficient (Wildman–Crippen LogP) is -1.10. The topological polar surface area (TPSA) is 364 Å². The highest BCUT2D eigenvalue weighted by Crippen LogP contribution is 2.61. The van der Waals surface area contributed by atoms with Crippen molar-refractivity contribution in [3.63, 3.8) is 0 Å². The first kappa shape index (κ1) is 45.0. The van der Waals surface area contributed by atoms with E-state index < -0.39 is 84.1 Å². The molecule has 0 aromatic carbocycles. The van der Waals surface area contributed by atoms with Crippen molar-refractivity contribution in [3.05, 3.63) is 12.7 Å². The molecule has 53 heavy (non-hydrogen) atoms. The number of Topliss-reactive ketones (excluding diaryl/α,β-unsaturated/α-hetero) is 1. The number of fused-ring (bicyclic) bond motifs is 1. The van der Waals surface area contributed by atoms with E-state index in [4.69, 9.17) is 24.0 Å². The number of nitrogen functional groups attached to an aromatic ring is 1. The van der Waals surface area contributed by atoms with Gasteiger partial charge in [-0.25, -0.2) is 28.6 Å². The second-order valence-corrected chi connectivity index (χ2v) is 17.7. The number of hydrogen-bond donors (Lipinski definition) is 9. The molecule has 0 radical (unpaired) electrons. The van der Waals surface area contributed by atoms with Crippen LogP contribution in [0.4, 0.5) is 5.82 Å². The van der Waals surface area contributed by atoms with E-state index in [-0.39, 0.29) is 35.7 Å². The molecular weight excluding hydrogens is 795 g/mol. The minimum Gasteiger partial charge on any atom is -0.385 e. The van der Waals surface area contributed by atoms with Crippen molar-refractivity contribution in [2.24, 2.45) is 5.41 Å². The molecule has 2 amide bonds. The van der Waals surface area contributed by atoms with Crippen molar-refractivity contribution < 1.29 is 80.5 Å². The van der Waals surface area contributed by atoms with E-state index in [9.17, 15) is 57.9 Å².